The fraction of sp³-hybridized carbons (Fsp3) is 0.381. The lowest BCUT2D eigenvalue weighted by molar-refractivity contribution is -0.120. The summed E-state index contributed by atoms with van der Waals surface area (Å²) in [7, 11) is -0.598. The summed E-state index contributed by atoms with van der Waals surface area (Å²) in [5, 5.41) is 2.83. The van der Waals surface area contributed by atoms with Gasteiger partial charge in [0.1, 0.15) is 17.3 Å². The number of nitrogens with zero attached hydrogens (tertiary/aromatic N) is 1. The molecule has 2 aromatic carbocycles. The van der Waals surface area contributed by atoms with Gasteiger partial charge in [0.05, 0.1) is 31.6 Å². The van der Waals surface area contributed by atoms with Gasteiger partial charge in [0.15, 0.2) is 0 Å². The van der Waals surface area contributed by atoms with Crippen molar-refractivity contribution in [1.82, 2.24) is 4.31 Å². The van der Waals surface area contributed by atoms with Crippen molar-refractivity contribution in [3.63, 3.8) is 0 Å². The number of methoxy groups -OCH3 is 2. The number of halogens is 1. The maximum atomic E-state index is 13.1. The third-order valence-corrected chi connectivity index (χ3v) is 6.89. The van der Waals surface area contributed by atoms with Gasteiger partial charge in [-0.05, 0) is 42.7 Å². The molecule has 1 aliphatic rings. The van der Waals surface area contributed by atoms with E-state index in [0.717, 1.165) is 0 Å². The SMILES string of the molecule is COc1ccc(OC)c(NC(=O)[C@H]2CCCN(S(=O)(=O)Cc3ccc(F)cc3)C2)c1. The molecular formula is C21H25FN2O5S. The van der Waals surface area contributed by atoms with E-state index in [1.807, 2.05) is 0 Å². The second kappa shape index (κ2) is 9.44. The van der Waals surface area contributed by atoms with Gasteiger partial charge in [-0.2, -0.15) is 0 Å². The predicted octanol–water partition coefficient (Wildman–Crippen LogP) is 3.02. The molecule has 0 radical (unpaired) electrons. The number of benzene rings is 2. The van der Waals surface area contributed by atoms with Crippen LogP contribution in [-0.4, -0.2) is 45.9 Å². The minimum atomic E-state index is -3.63. The Bertz CT molecular complexity index is 995. The van der Waals surface area contributed by atoms with Crippen LogP contribution < -0.4 is 14.8 Å². The summed E-state index contributed by atoms with van der Waals surface area (Å²) >= 11 is 0. The van der Waals surface area contributed by atoms with Crippen LogP contribution in [0.4, 0.5) is 10.1 Å². The third kappa shape index (κ3) is 5.28. The largest absolute Gasteiger partial charge is 0.497 e. The molecule has 0 aromatic heterocycles. The molecule has 2 aromatic rings. The van der Waals surface area contributed by atoms with Gasteiger partial charge in [0.2, 0.25) is 15.9 Å². The molecule has 0 spiro atoms. The summed E-state index contributed by atoms with van der Waals surface area (Å²) in [6.07, 6.45) is 1.16. The van der Waals surface area contributed by atoms with E-state index in [0.29, 0.717) is 42.1 Å². The molecule has 7 nitrogen and oxygen atoms in total. The lowest BCUT2D eigenvalue weighted by Crippen LogP contribution is -2.44. The molecule has 1 atom stereocenters. The Balaban J connectivity index is 1.69. The third-order valence-electron chi connectivity index (χ3n) is 5.08. The highest BCUT2D eigenvalue weighted by Crippen LogP contribution is 2.30. The summed E-state index contributed by atoms with van der Waals surface area (Å²) < 4.78 is 50.5. The molecule has 9 heteroatoms. The van der Waals surface area contributed by atoms with Gasteiger partial charge in [-0.15, -0.1) is 0 Å². The zero-order chi connectivity index (χ0) is 21.7. The summed E-state index contributed by atoms with van der Waals surface area (Å²) in [6.45, 7) is 0.456. The van der Waals surface area contributed by atoms with E-state index < -0.39 is 21.8 Å². The van der Waals surface area contributed by atoms with Crippen molar-refractivity contribution < 1.29 is 27.1 Å². The van der Waals surface area contributed by atoms with Crippen LogP contribution >= 0.6 is 0 Å². The minimum Gasteiger partial charge on any atom is -0.497 e. The van der Waals surface area contributed by atoms with Crippen molar-refractivity contribution in [2.45, 2.75) is 18.6 Å². The van der Waals surface area contributed by atoms with E-state index in [2.05, 4.69) is 5.32 Å². The number of carbonyl (C=O) groups is 1. The smallest absolute Gasteiger partial charge is 0.228 e. The molecule has 1 N–H and O–H groups in total. The summed E-state index contributed by atoms with van der Waals surface area (Å²) in [6, 6.07) is 10.4. The highest BCUT2D eigenvalue weighted by Gasteiger charge is 2.32. The number of piperidine rings is 1. The van der Waals surface area contributed by atoms with Crippen molar-refractivity contribution in [2.24, 2.45) is 5.92 Å². The number of sulfonamides is 1. The monoisotopic (exact) mass is 436 g/mol. The van der Waals surface area contributed by atoms with Crippen LogP contribution in [-0.2, 0) is 20.6 Å². The fourth-order valence-corrected chi connectivity index (χ4v) is 5.05. The number of carbonyl (C=O) groups excluding carboxylic acids is 1. The molecule has 1 saturated heterocycles. The van der Waals surface area contributed by atoms with E-state index in [4.69, 9.17) is 9.47 Å². The van der Waals surface area contributed by atoms with Crippen molar-refractivity contribution in [2.75, 3.05) is 32.6 Å². The molecule has 0 unspecified atom stereocenters. The highest BCUT2D eigenvalue weighted by molar-refractivity contribution is 7.88. The molecule has 162 valence electrons. The number of amides is 1. The van der Waals surface area contributed by atoms with Crippen LogP contribution in [0.2, 0.25) is 0 Å². The van der Waals surface area contributed by atoms with Gasteiger partial charge < -0.3 is 14.8 Å². The summed E-state index contributed by atoms with van der Waals surface area (Å²) in [4.78, 5) is 12.8. The van der Waals surface area contributed by atoms with Crippen molar-refractivity contribution in [3.8, 4) is 11.5 Å². The Labute approximate surface area is 175 Å². The first-order chi connectivity index (χ1) is 14.3. The maximum absolute atomic E-state index is 13.1. The van der Waals surface area contributed by atoms with Crippen LogP contribution in [0.1, 0.15) is 18.4 Å². The van der Waals surface area contributed by atoms with Crippen molar-refractivity contribution in [3.05, 3.63) is 53.8 Å². The molecule has 1 amide bonds. The predicted molar refractivity (Wildman–Crippen MR) is 111 cm³/mol. The quantitative estimate of drug-likeness (QED) is 0.721. The second-order valence-electron chi connectivity index (χ2n) is 7.14. The average Bonchev–Trinajstić information content (AvgIpc) is 2.75. The van der Waals surface area contributed by atoms with E-state index in [1.54, 1.807) is 18.2 Å². The van der Waals surface area contributed by atoms with Crippen molar-refractivity contribution in [1.29, 1.82) is 0 Å². The van der Waals surface area contributed by atoms with Crippen LogP contribution in [0.25, 0.3) is 0 Å². The fourth-order valence-electron chi connectivity index (χ4n) is 3.44. The first-order valence-electron chi connectivity index (χ1n) is 9.57. The molecule has 3 rings (SSSR count). The topological polar surface area (TPSA) is 84.9 Å². The van der Waals surface area contributed by atoms with Gasteiger partial charge in [-0.3, -0.25) is 4.79 Å². The van der Waals surface area contributed by atoms with E-state index in [-0.39, 0.29) is 18.2 Å². The Morgan fingerprint density at radius 2 is 1.90 bits per heavy atom. The molecule has 1 aliphatic heterocycles. The Morgan fingerprint density at radius 1 is 1.17 bits per heavy atom. The van der Waals surface area contributed by atoms with Crippen LogP contribution in [0.3, 0.4) is 0 Å². The molecule has 0 aliphatic carbocycles. The molecule has 0 saturated carbocycles. The number of ether oxygens (including phenoxy) is 2. The highest BCUT2D eigenvalue weighted by atomic mass is 32.2. The minimum absolute atomic E-state index is 0.0989. The number of anilines is 1. The van der Waals surface area contributed by atoms with Gasteiger partial charge in [0.25, 0.3) is 0 Å². The zero-order valence-corrected chi connectivity index (χ0v) is 17.7. The van der Waals surface area contributed by atoms with Gasteiger partial charge >= 0.3 is 0 Å². The lowest BCUT2D eigenvalue weighted by atomic mass is 9.98. The molecular weight excluding hydrogens is 411 g/mol. The first kappa shape index (κ1) is 22.0. The second-order valence-corrected chi connectivity index (χ2v) is 9.10. The van der Waals surface area contributed by atoms with E-state index in [1.165, 1.54) is 42.8 Å². The molecule has 1 heterocycles. The van der Waals surface area contributed by atoms with E-state index in [9.17, 15) is 17.6 Å². The molecule has 1 fully saturated rings. The van der Waals surface area contributed by atoms with Crippen LogP contribution in [0, 0.1) is 11.7 Å². The number of nitrogens with one attached hydrogen (secondary N) is 1. The average molecular weight is 437 g/mol. The summed E-state index contributed by atoms with van der Waals surface area (Å²) in [5.74, 6) is -0.357. The number of hydrogen-bond donors (Lipinski definition) is 1. The maximum Gasteiger partial charge on any atom is 0.228 e. The Morgan fingerprint density at radius 3 is 2.57 bits per heavy atom. The Kier molecular flexibility index (Phi) is 6.94. The zero-order valence-electron chi connectivity index (χ0n) is 16.9. The van der Waals surface area contributed by atoms with Crippen LogP contribution in [0.15, 0.2) is 42.5 Å². The van der Waals surface area contributed by atoms with Crippen LogP contribution in [0.5, 0.6) is 11.5 Å². The Hall–Kier alpha value is -2.65. The van der Waals surface area contributed by atoms with Gasteiger partial charge in [-0.1, -0.05) is 12.1 Å². The number of hydrogen-bond acceptors (Lipinski definition) is 5. The number of rotatable bonds is 7. The lowest BCUT2D eigenvalue weighted by Gasteiger charge is -2.31. The first-order valence-corrected chi connectivity index (χ1v) is 11.2. The van der Waals surface area contributed by atoms with Crippen molar-refractivity contribution >= 4 is 21.6 Å². The van der Waals surface area contributed by atoms with E-state index >= 15 is 0 Å². The summed E-state index contributed by atoms with van der Waals surface area (Å²) in [5.41, 5.74) is 0.970. The van der Waals surface area contributed by atoms with Gasteiger partial charge in [-0.25, -0.2) is 17.1 Å². The normalized spacial score (nSPS) is 17.4. The molecule has 30 heavy (non-hydrogen) atoms. The standard InChI is InChI=1S/C21H25FN2O5S/c1-28-18-9-10-20(29-2)19(12-18)23-21(25)16-4-3-11-24(13-16)30(26,27)14-15-5-7-17(22)8-6-15/h5-10,12,16H,3-4,11,13-14H2,1-2H3,(H,23,25)/t16-/m0/s1. The van der Waals surface area contributed by atoms with Gasteiger partial charge in [0, 0.05) is 19.2 Å². The molecule has 0 bridgehead atoms.